The summed E-state index contributed by atoms with van der Waals surface area (Å²) in [5.41, 5.74) is 0.669. The van der Waals surface area contributed by atoms with Crippen LogP contribution < -0.4 is 4.90 Å². The van der Waals surface area contributed by atoms with Crippen LogP contribution in [0.4, 0.5) is 10.1 Å². The zero-order valence-electron chi connectivity index (χ0n) is 12.9. The third-order valence-electron chi connectivity index (χ3n) is 3.88. The first-order valence-electron chi connectivity index (χ1n) is 7.51. The average molecular weight is 326 g/mol. The minimum Gasteiger partial charge on any atom is -0.503 e. The van der Waals surface area contributed by atoms with E-state index >= 15 is 0 Å². The normalized spacial score (nSPS) is 17.5. The summed E-state index contributed by atoms with van der Waals surface area (Å²) in [4.78, 5) is 30.3. The zero-order valence-corrected chi connectivity index (χ0v) is 12.9. The van der Waals surface area contributed by atoms with Crippen LogP contribution in [0.2, 0.25) is 0 Å². The minimum atomic E-state index is -0.882. The van der Waals surface area contributed by atoms with E-state index in [0.29, 0.717) is 5.69 Å². The monoisotopic (exact) mass is 326 g/mol. The Kier molecular flexibility index (Phi) is 4.12. The number of anilines is 1. The number of nitrogens with zero attached hydrogens (tertiary/aromatic N) is 2. The molecule has 0 saturated heterocycles. The maximum Gasteiger partial charge on any atom is 0.294 e. The molecule has 1 aliphatic rings. The Morgan fingerprint density at radius 2 is 2.08 bits per heavy atom. The number of hydrogen-bond acceptors (Lipinski definition) is 4. The highest BCUT2D eigenvalue weighted by Gasteiger charge is 2.44. The van der Waals surface area contributed by atoms with Gasteiger partial charge in [-0.05, 0) is 30.3 Å². The van der Waals surface area contributed by atoms with E-state index in [0.717, 1.165) is 0 Å². The molecule has 1 amide bonds. The number of aromatic nitrogens is 1. The Morgan fingerprint density at radius 3 is 2.71 bits per heavy atom. The van der Waals surface area contributed by atoms with E-state index in [1.165, 1.54) is 29.3 Å². The lowest BCUT2D eigenvalue weighted by Crippen LogP contribution is -2.31. The Balaban J connectivity index is 2.18. The summed E-state index contributed by atoms with van der Waals surface area (Å²) in [7, 11) is 0. The molecule has 3 rings (SSSR count). The van der Waals surface area contributed by atoms with Crippen LogP contribution in [0, 0.1) is 5.82 Å². The molecule has 1 unspecified atom stereocenters. The molecule has 24 heavy (non-hydrogen) atoms. The van der Waals surface area contributed by atoms with Crippen molar-refractivity contribution < 1.29 is 19.1 Å². The molecule has 0 bridgehead atoms. The van der Waals surface area contributed by atoms with Crippen molar-refractivity contribution in [1.82, 2.24) is 4.98 Å². The van der Waals surface area contributed by atoms with E-state index in [9.17, 15) is 19.1 Å². The van der Waals surface area contributed by atoms with Crippen molar-refractivity contribution in [3.05, 3.63) is 71.5 Å². The second-order valence-corrected chi connectivity index (χ2v) is 5.35. The number of halogens is 1. The molecule has 0 spiro atoms. The smallest absolute Gasteiger partial charge is 0.294 e. The first kappa shape index (κ1) is 15.9. The van der Waals surface area contributed by atoms with Crippen LogP contribution >= 0.6 is 0 Å². The number of aliphatic hydroxyl groups is 1. The number of ketones is 1. The summed E-state index contributed by atoms with van der Waals surface area (Å²) < 4.78 is 13.6. The maximum atomic E-state index is 13.6. The van der Waals surface area contributed by atoms with E-state index in [1.807, 2.05) is 0 Å². The molecule has 122 valence electrons. The van der Waals surface area contributed by atoms with Crippen LogP contribution in [-0.4, -0.2) is 21.8 Å². The van der Waals surface area contributed by atoms with Gasteiger partial charge in [0.2, 0.25) is 0 Å². The predicted molar refractivity (Wildman–Crippen MR) is 85.8 cm³/mol. The summed E-state index contributed by atoms with van der Waals surface area (Å²) in [5.74, 6) is -2.22. The van der Waals surface area contributed by atoms with Gasteiger partial charge in [0.05, 0.1) is 11.3 Å². The Bertz CT molecular complexity index is 833. The Labute approximate surface area is 138 Å². The van der Waals surface area contributed by atoms with E-state index in [4.69, 9.17) is 0 Å². The van der Waals surface area contributed by atoms with Crippen LogP contribution in [0.25, 0.3) is 0 Å². The van der Waals surface area contributed by atoms with Gasteiger partial charge in [-0.1, -0.05) is 19.1 Å². The van der Waals surface area contributed by atoms with Crippen molar-refractivity contribution in [1.29, 1.82) is 0 Å². The van der Waals surface area contributed by atoms with Crippen molar-refractivity contribution in [3.8, 4) is 0 Å². The summed E-state index contributed by atoms with van der Waals surface area (Å²) in [6, 6.07) is 9.65. The topological polar surface area (TPSA) is 70.5 Å². The van der Waals surface area contributed by atoms with Crippen LogP contribution in [0.1, 0.15) is 25.1 Å². The highest BCUT2D eigenvalue weighted by Crippen LogP contribution is 2.40. The van der Waals surface area contributed by atoms with Gasteiger partial charge in [-0.25, -0.2) is 4.39 Å². The summed E-state index contributed by atoms with van der Waals surface area (Å²) in [5, 5.41) is 10.2. The molecule has 2 aromatic rings. The number of hydrogen-bond donors (Lipinski definition) is 1. The van der Waals surface area contributed by atoms with Crippen molar-refractivity contribution >= 4 is 17.4 Å². The fourth-order valence-corrected chi connectivity index (χ4v) is 2.79. The van der Waals surface area contributed by atoms with Gasteiger partial charge < -0.3 is 5.11 Å². The first-order chi connectivity index (χ1) is 11.5. The zero-order chi connectivity index (χ0) is 17.3. The van der Waals surface area contributed by atoms with E-state index < -0.39 is 23.5 Å². The number of amides is 1. The number of rotatable bonds is 4. The minimum absolute atomic E-state index is 0.00883. The van der Waals surface area contributed by atoms with Crippen molar-refractivity contribution in [2.24, 2.45) is 0 Å². The highest BCUT2D eigenvalue weighted by atomic mass is 19.1. The molecule has 0 fully saturated rings. The highest BCUT2D eigenvalue weighted by molar-refractivity contribution is 6.16. The maximum absolute atomic E-state index is 13.6. The van der Waals surface area contributed by atoms with Gasteiger partial charge in [0.25, 0.3) is 5.91 Å². The fourth-order valence-electron chi connectivity index (χ4n) is 2.79. The van der Waals surface area contributed by atoms with Gasteiger partial charge in [0.1, 0.15) is 11.9 Å². The molecule has 0 saturated carbocycles. The van der Waals surface area contributed by atoms with Gasteiger partial charge in [-0.3, -0.25) is 19.5 Å². The lowest BCUT2D eigenvalue weighted by atomic mass is 9.98. The number of aliphatic hydroxyl groups excluding tert-OH is 1. The number of carbonyl (C=O) groups is 2. The predicted octanol–water partition coefficient (Wildman–Crippen LogP) is 3.10. The van der Waals surface area contributed by atoms with Gasteiger partial charge in [-0.15, -0.1) is 0 Å². The number of carbonyl (C=O) groups excluding carboxylic acids is 2. The largest absolute Gasteiger partial charge is 0.503 e. The SMILES string of the molecule is CCC(=O)C1=C(O)C(=O)N(c2cccc(F)c2)C1c1ccccn1. The quantitative estimate of drug-likeness (QED) is 0.937. The second-order valence-electron chi connectivity index (χ2n) is 5.35. The first-order valence-corrected chi connectivity index (χ1v) is 7.51. The lowest BCUT2D eigenvalue weighted by molar-refractivity contribution is -0.118. The number of pyridine rings is 1. The molecule has 1 N–H and O–H groups in total. The average Bonchev–Trinajstić information content (AvgIpc) is 2.86. The molecular weight excluding hydrogens is 311 g/mol. The molecule has 1 aliphatic heterocycles. The Hall–Kier alpha value is -3.02. The van der Waals surface area contributed by atoms with Crippen LogP contribution in [0.15, 0.2) is 60.0 Å². The van der Waals surface area contributed by atoms with E-state index in [1.54, 1.807) is 31.2 Å². The molecule has 1 aromatic carbocycles. The Morgan fingerprint density at radius 1 is 1.29 bits per heavy atom. The molecule has 0 radical (unpaired) electrons. The van der Waals surface area contributed by atoms with Gasteiger partial charge in [0.15, 0.2) is 11.5 Å². The third kappa shape index (κ3) is 2.56. The molecule has 1 aromatic heterocycles. The van der Waals surface area contributed by atoms with Crippen molar-refractivity contribution in [2.45, 2.75) is 19.4 Å². The fraction of sp³-hybridized carbons (Fsp3) is 0.167. The van der Waals surface area contributed by atoms with E-state index in [-0.39, 0.29) is 23.5 Å². The standard InChI is InChI=1S/C18H15FN2O3/c1-2-14(22)15-16(13-8-3-4-9-20-13)21(18(24)17(15)23)12-7-5-6-11(19)10-12/h3-10,16,23H,2H2,1H3. The van der Waals surface area contributed by atoms with Crippen LogP contribution in [-0.2, 0) is 9.59 Å². The summed E-state index contributed by atoms with van der Waals surface area (Å²) in [6.07, 6.45) is 1.67. The molecule has 2 heterocycles. The van der Waals surface area contributed by atoms with Gasteiger partial charge in [0, 0.05) is 18.3 Å². The second kappa shape index (κ2) is 6.23. The number of benzene rings is 1. The van der Waals surface area contributed by atoms with Gasteiger partial charge >= 0.3 is 0 Å². The van der Waals surface area contributed by atoms with Gasteiger partial charge in [-0.2, -0.15) is 0 Å². The van der Waals surface area contributed by atoms with Crippen molar-refractivity contribution in [3.63, 3.8) is 0 Å². The molecule has 1 atom stereocenters. The molecular formula is C18H15FN2O3. The summed E-state index contributed by atoms with van der Waals surface area (Å²) in [6.45, 7) is 1.65. The van der Waals surface area contributed by atoms with Crippen LogP contribution in [0.5, 0.6) is 0 Å². The molecule has 0 aliphatic carbocycles. The lowest BCUT2D eigenvalue weighted by Gasteiger charge is -2.26. The van der Waals surface area contributed by atoms with Crippen LogP contribution in [0.3, 0.4) is 0 Å². The number of Topliss-reactive ketones (excluding diaryl/α,β-unsaturated/α-hetero) is 1. The third-order valence-corrected chi connectivity index (χ3v) is 3.88. The van der Waals surface area contributed by atoms with E-state index in [2.05, 4.69) is 4.98 Å². The molecule has 5 nitrogen and oxygen atoms in total. The molecule has 6 heteroatoms. The van der Waals surface area contributed by atoms with Crippen molar-refractivity contribution in [2.75, 3.05) is 4.90 Å². The summed E-state index contributed by atoms with van der Waals surface area (Å²) >= 11 is 0.